The molecule has 0 spiro atoms. The largest absolute Gasteiger partial charge is 0.393 e. The molecule has 4 heteroatoms. The van der Waals surface area contributed by atoms with E-state index in [4.69, 9.17) is 0 Å². The number of allylic oxidation sites excluding steroid dienone is 2. The number of fused-ring (bicyclic) bond motifs is 5. The summed E-state index contributed by atoms with van der Waals surface area (Å²) in [6, 6.07) is 0. The van der Waals surface area contributed by atoms with E-state index in [-0.39, 0.29) is 16.9 Å². The second-order valence-corrected chi connectivity index (χ2v) is 10.4. The van der Waals surface area contributed by atoms with E-state index < -0.39 is 0 Å². The molecule has 156 valence electrons. The number of rotatable bonds is 2. The maximum atomic E-state index is 13.5. The molecular formula is C25H34N2O2. The first-order valence-electron chi connectivity index (χ1n) is 11.5. The van der Waals surface area contributed by atoms with Crippen LogP contribution in [-0.4, -0.2) is 26.8 Å². The minimum Gasteiger partial charge on any atom is -0.393 e. The molecule has 1 heterocycles. The molecule has 4 aliphatic rings. The molecular weight excluding hydrogens is 360 g/mol. The van der Waals surface area contributed by atoms with E-state index >= 15 is 0 Å². The van der Waals surface area contributed by atoms with Crippen molar-refractivity contribution in [1.82, 2.24) is 9.78 Å². The number of hydrogen-bond donors (Lipinski definition) is 1. The maximum Gasteiger partial charge on any atom is 0.165 e. The molecule has 0 radical (unpaired) electrons. The number of aliphatic hydroxyl groups excluding tert-OH is 1. The van der Waals surface area contributed by atoms with Gasteiger partial charge in [0, 0.05) is 23.7 Å². The van der Waals surface area contributed by atoms with E-state index in [0.717, 1.165) is 62.6 Å². The molecule has 0 aliphatic heterocycles. The van der Waals surface area contributed by atoms with Gasteiger partial charge in [-0.15, -0.1) is 0 Å². The highest BCUT2D eigenvalue weighted by Gasteiger charge is 2.59. The summed E-state index contributed by atoms with van der Waals surface area (Å²) in [5.74, 6) is 2.07. The number of aryl methyl sites for hydroxylation is 1. The van der Waals surface area contributed by atoms with Crippen LogP contribution >= 0.6 is 0 Å². The first kappa shape index (κ1) is 19.3. The van der Waals surface area contributed by atoms with Crippen molar-refractivity contribution in [2.24, 2.45) is 28.6 Å². The van der Waals surface area contributed by atoms with Crippen molar-refractivity contribution >= 4 is 11.9 Å². The summed E-state index contributed by atoms with van der Waals surface area (Å²) in [5, 5.41) is 14.5. The van der Waals surface area contributed by atoms with Gasteiger partial charge in [0.25, 0.3) is 0 Å². The lowest BCUT2D eigenvalue weighted by molar-refractivity contribution is -0.130. The van der Waals surface area contributed by atoms with Crippen molar-refractivity contribution in [1.29, 1.82) is 0 Å². The lowest BCUT2D eigenvalue weighted by Crippen LogP contribution is -2.50. The highest BCUT2D eigenvalue weighted by molar-refractivity contribution is 6.05. The predicted molar refractivity (Wildman–Crippen MR) is 114 cm³/mol. The summed E-state index contributed by atoms with van der Waals surface area (Å²) in [5.41, 5.74) is 3.57. The first-order valence-corrected chi connectivity index (χ1v) is 11.5. The third-order valence-corrected chi connectivity index (χ3v) is 9.04. The van der Waals surface area contributed by atoms with Gasteiger partial charge in [0.05, 0.1) is 12.3 Å². The Morgan fingerprint density at radius 1 is 1.21 bits per heavy atom. The van der Waals surface area contributed by atoms with Gasteiger partial charge in [-0.05, 0) is 86.7 Å². The second-order valence-electron chi connectivity index (χ2n) is 10.4. The van der Waals surface area contributed by atoms with E-state index in [1.807, 2.05) is 17.1 Å². The Bertz CT molecular complexity index is 896. The molecule has 29 heavy (non-hydrogen) atoms. The van der Waals surface area contributed by atoms with Crippen LogP contribution in [0.2, 0.25) is 0 Å². The van der Waals surface area contributed by atoms with Crippen LogP contribution in [0.25, 0.3) is 6.08 Å². The van der Waals surface area contributed by atoms with E-state index in [1.165, 1.54) is 5.57 Å². The molecule has 3 fully saturated rings. The van der Waals surface area contributed by atoms with Gasteiger partial charge in [0.1, 0.15) is 0 Å². The number of nitrogens with zero attached hydrogens (tertiary/aromatic N) is 2. The molecule has 1 N–H and O–H groups in total. The van der Waals surface area contributed by atoms with E-state index in [2.05, 4.69) is 38.0 Å². The average molecular weight is 395 g/mol. The summed E-state index contributed by atoms with van der Waals surface area (Å²) < 4.78 is 1.92. The number of aromatic nitrogens is 2. The highest BCUT2D eigenvalue weighted by Crippen LogP contribution is 2.64. The standard InChI is InChI=1S/C25H34N2O2/c1-4-27-15-16(14-26-27)11-17-12-22-20-6-5-18-13-19(28)7-9-24(18,2)21(20)8-10-25(22,3)23(17)29/h5,11,14-15,19-22,28H,4,6-10,12-13H2,1-3H3/b17-11+/t19-,20-,21+,22+,24-,25+/m0/s1. The van der Waals surface area contributed by atoms with E-state index in [0.29, 0.717) is 23.5 Å². The van der Waals surface area contributed by atoms with Crippen molar-refractivity contribution in [3.8, 4) is 0 Å². The number of hydrogen-bond acceptors (Lipinski definition) is 3. The molecule has 0 unspecified atom stereocenters. The van der Waals surface area contributed by atoms with Crippen LogP contribution in [0.5, 0.6) is 0 Å². The van der Waals surface area contributed by atoms with Gasteiger partial charge in [0.15, 0.2) is 5.78 Å². The Kier molecular flexibility index (Phi) is 4.43. The van der Waals surface area contributed by atoms with Crippen LogP contribution in [0.3, 0.4) is 0 Å². The van der Waals surface area contributed by atoms with Gasteiger partial charge >= 0.3 is 0 Å². The average Bonchev–Trinajstić information content (AvgIpc) is 3.26. The minimum absolute atomic E-state index is 0.161. The molecule has 4 aliphatic carbocycles. The molecule has 0 bridgehead atoms. The number of aliphatic hydroxyl groups is 1. The lowest BCUT2D eigenvalue weighted by atomic mass is 9.48. The van der Waals surface area contributed by atoms with Gasteiger partial charge < -0.3 is 5.11 Å². The second kappa shape index (κ2) is 6.66. The fourth-order valence-corrected chi connectivity index (χ4v) is 7.27. The van der Waals surface area contributed by atoms with E-state index in [1.54, 1.807) is 0 Å². The predicted octanol–water partition coefficient (Wildman–Crippen LogP) is 4.79. The third kappa shape index (κ3) is 2.82. The highest BCUT2D eigenvalue weighted by atomic mass is 16.3. The number of Topliss-reactive ketones (excluding diaryl/α,β-unsaturated/α-hetero) is 1. The Morgan fingerprint density at radius 3 is 2.76 bits per heavy atom. The summed E-state index contributed by atoms with van der Waals surface area (Å²) >= 11 is 0. The zero-order valence-corrected chi connectivity index (χ0v) is 18.0. The number of ketones is 1. The minimum atomic E-state index is -0.205. The molecule has 0 aromatic carbocycles. The van der Waals surface area contributed by atoms with Crippen LogP contribution in [0.15, 0.2) is 29.6 Å². The van der Waals surface area contributed by atoms with Crippen molar-refractivity contribution in [3.63, 3.8) is 0 Å². The van der Waals surface area contributed by atoms with Crippen molar-refractivity contribution in [3.05, 3.63) is 35.2 Å². The molecule has 0 amide bonds. The molecule has 0 saturated heterocycles. The molecule has 5 rings (SSSR count). The zero-order chi connectivity index (χ0) is 20.4. The Morgan fingerprint density at radius 2 is 2.00 bits per heavy atom. The summed E-state index contributed by atoms with van der Waals surface area (Å²) in [6.07, 6.45) is 15.3. The lowest BCUT2D eigenvalue weighted by Gasteiger charge is -2.56. The summed E-state index contributed by atoms with van der Waals surface area (Å²) in [4.78, 5) is 13.5. The Hall–Kier alpha value is -1.68. The van der Waals surface area contributed by atoms with Crippen LogP contribution in [-0.2, 0) is 11.3 Å². The monoisotopic (exact) mass is 394 g/mol. The Balaban J connectivity index is 1.46. The zero-order valence-electron chi connectivity index (χ0n) is 18.0. The van der Waals surface area contributed by atoms with Crippen LogP contribution in [0, 0.1) is 28.6 Å². The van der Waals surface area contributed by atoms with Crippen molar-refractivity contribution in [2.75, 3.05) is 0 Å². The Labute approximate surface area is 174 Å². The van der Waals surface area contributed by atoms with Crippen LogP contribution in [0.1, 0.15) is 71.3 Å². The van der Waals surface area contributed by atoms with Gasteiger partial charge in [-0.3, -0.25) is 9.48 Å². The fraction of sp³-hybridized carbons (Fsp3) is 0.680. The SMILES string of the molecule is CCn1cc(/C=C2\C[C@@H]3[C@H]4CC=C5C[C@@H](O)CC[C@]5(C)[C@@H]4CC[C@@]3(C)C2=O)cn1. The van der Waals surface area contributed by atoms with Crippen LogP contribution in [0.4, 0.5) is 0 Å². The molecule has 3 saturated carbocycles. The normalized spacial score (nSPS) is 43.0. The van der Waals surface area contributed by atoms with Gasteiger partial charge in [-0.25, -0.2) is 0 Å². The summed E-state index contributed by atoms with van der Waals surface area (Å²) in [6.45, 7) is 7.61. The number of carbonyl (C=O) groups excluding carboxylic acids is 1. The van der Waals surface area contributed by atoms with Crippen molar-refractivity contribution in [2.45, 2.75) is 78.4 Å². The molecule has 6 atom stereocenters. The summed E-state index contributed by atoms with van der Waals surface area (Å²) in [7, 11) is 0. The molecule has 1 aromatic rings. The maximum absolute atomic E-state index is 13.5. The van der Waals surface area contributed by atoms with Gasteiger partial charge in [-0.2, -0.15) is 5.10 Å². The quantitative estimate of drug-likeness (QED) is 0.580. The topological polar surface area (TPSA) is 55.1 Å². The molecule has 1 aromatic heterocycles. The first-order chi connectivity index (χ1) is 13.8. The fourth-order valence-electron chi connectivity index (χ4n) is 7.27. The van der Waals surface area contributed by atoms with Gasteiger partial charge in [-0.1, -0.05) is 25.5 Å². The van der Waals surface area contributed by atoms with Crippen molar-refractivity contribution < 1.29 is 9.90 Å². The third-order valence-electron chi connectivity index (χ3n) is 9.04. The smallest absolute Gasteiger partial charge is 0.165 e. The van der Waals surface area contributed by atoms with E-state index in [9.17, 15) is 9.90 Å². The number of carbonyl (C=O) groups is 1. The van der Waals surface area contributed by atoms with Crippen LogP contribution < -0.4 is 0 Å². The molecule has 4 nitrogen and oxygen atoms in total. The van der Waals surface area contributed by atoms with Gasteiger partial charge in [0.2, 0.25) is 0 Å².